The zero-order chi connectivity index (χ0) is 12.7. The molecule has 2 aromatic rings. The summed E-state index contributed by atoms with van der Waals surface area (Å²) in [7, 11) is 0. The SMILES string of the molecule is Cc1ccc([C@H]2[C@@H](N)C(=O)N2c2ccccc2)o1. The molecular weight excluding hydrogens is 228 g/mol. The van der Waals surface area contributed by atoms with Gasteiger partial charge in [-0.05, 0) is 31.2 Å². The molecule has 1 saturated heterocycles. The number of carbonyl (C=O) groups is 1. The van der Waals surface area contributed by atoms with E-state index in [4.69, 9.17) is 10.2 Å². The maximum Gasteiger partial charge on any atom is 0.247 e. The minimum Gasteiger partial charge on any atom is -0.464 e. The van der Waals surface area contributed by atoms with Crippen molar-refractivity contribution in [2.24, 2.45) is 5.73 Å². The van der Waals surface area contributed by atoms with Crippen LogP contribution in [0.25, 0.3) is 0 Å². The van der Waals surface area contributed by atoms with Crippen molar-refractivity contribution in [3.05, 3.63) is 54.0 Å². The second-order valence-electron chi connectivity index (χ2n) is 4.46. The Morgan fingerprint density at radius 3 is 2.50 bits per heavy atom. The molecule has 1 aromatic heterocycles. The monoisotopic (exact) mass is 242 g/mol. The van der Waals surface area contributed by atoms with Gasteiger partial charge < -0.3 is 10.2 Å². The first-order valence-corrected chi connectivity index (χ1v) is 5.88. The number of furan rings is 1. The lowest BCUT2D eigenvalue weighted by atomic mass is 9.92. The molecule has 2 N–H and O–H groups in total. The fraction of sp³-hybridized carbons (Fsp3) is 0.214. The van der Waals surface area contributed by atoms with E-state index >= 15 is 0 Å². The number of nitrogens with two attached hydrogens (primary N) is 1. The number of anilines is 1. The van der Waals surface area contributed by atoms with E-state index in [0.29, 0.717) is 0 Å². The summed E-state index contributed by atoms with van der Waals surface area (Å²) in [5.41, 5.74) is 6.73. The molecule has 2 atom stereocenters. The van der Waals surface area contributed by atoms with Gasteiger partial charge in [-0.25, -0.2) is 0 Å². The van der Waals surface area contributed by atoms with Crippen LogP contribution in [0, 0.1) is 6.92 Å². The first-order valence-electron chi connectivity index (χ1n) is 5.88. The van der Waals surface area contributed by atoms with E-state index in [1.54, 1.807) is 4.90 Å². The Labute approximate surface area is 105 Å². The van der Waals surface area contributed by atoms with Gasteiger partial charge in [-0.1, -0.05) is 18.2 Å². The Bertz CT molecular complexity index is 576. The Balaban J connectivity index is 1.96. The van der Waals surface area contributed by atoms with Gasteiger partial charge in [0.15, 0.2) is 0 Å². The van der Waals surface area contributed by atoms with Gasteiger partial charge in [0.2, 0.25) is 5.91 Å². The van der Waals surface area contributed by atoms with E-state index in [1.807, 2.05) is 49.4 Å². The third kappa shape index (κ3) is 1.54. The first-order chi connectivity index (χ1) is 8.68. The lowest BCUT2D eigenvalue weighted by Crippen LogP contribution is -2.63. The summed E-state index contributed by atoms with van der Waals surface area (Å²) >= 11 is 0. The van der Waals surface area contributed by atoms with Crippen molar-refractivity contribution in [2.75, 3.05) is 4.90 Å². The number of β-lactam (4-membered cyclic amide) rings is 1. The summed E-state index contributed by atoms with van der Waals surface area (Å²) in [6.45, 7) is 1.88. The molecule has 4 heteroatoms. The van der Waals surface area contributed by atoms with E-state index in [9.17, 15) is 4.79 Å². The summed E-state index contributed by atoms with van der Waals surface area (Å²) in [5, 5.41) is 0. The van der Waals surface area contributed by atoms with Gasteiger partial charge in [-0.3, -0.25) is 9.69 Å². The highest BCUT2D eigenvalue weighted by atomic mass is 16.3. The number of nitrogens with zero attached hydrogens (tertiary/aromatic N) is 1. The second-order valence-corrected chi connectivity index (χ2v) is 4.46. The molecule has 92 valence electrons. The number of aryl methyl sites for hydroxylation is 1. The Morgan fingerprint density at radius 2 is 1.89 bits per heavy atom. The number of rotatable bonds is 2. The highest BCUT2D eigenvalue weighted by molar-refractivity contribution is 6.05. The molecule has 18 heavy (non-hydrogen) atoms. The number of carbonyl (C=O) groups excluding carboxylic acids is 1. The van der Waals surface area contributed by atoms with Gasteiger partial charge in [0.1, 0.15) is 23.6 Å². The molecule has 4 nitrogen and oxygen atoms in total. The molecular formula is C14H14N2O2. The van der Waals surface area contributed by atoms with Crippen molar-refractivity contribution in [3.63, 3.8) is 0 Å². The molecule has 1 aliphatic rings. The maximum absolute atomic E-state index is 11.9. The number of amides is 1. The van der Waals surface area contributed by atoms with Gasteiger partial charge in [-0.15, -0.1) is 0 Å². The highest BCUT2D eigenvalue weighted by Gasteiger charge is 2.48. The topological polar surface area (TPSA) is 59.5 Å². The second kappa shape index (κ2) is 3.99. The fourth-order valence-corrected chi connectivity index (χ4v) is 2.30. The molecule has 0 saturated carbocycles. The largest absolute Gasteiger partial charge is 0.464 e. The van der Waals surface area contributed by atoms with E-state index in [-0.39, 0.29) is 11.9 Å². The third-order valence-electron chi connectivity index (χ3n) is 3.23. The van der Waals surface area contributed by atoms with Gasteiger partial charge >= 0.3 is 0 Å². The quantitative estimate of drug-likeness (QED) is 0.819. The fourth-order valence-electron chi connectivity index (χ4n) is 2.30. The summed E-state index contributed by atoms with van der Waals surface area (Å²) in [4.78, 5) is 13.6. The lowest BCUT2D eigenvalue weighted by Gasteiger charge is -2.44. The van der Waals surface area contributed by atoms with Crippen LogP contribution in [0.4, 0.5) is 5.69 Å². The van der Waals surface area contributed by atoms with Gasteiger partial charge in [0.05, 0.1) is 0 Å². The Morgan fingerprint density at radius 1 is 1.17 bits per heavy atom. The molecule has 0 radical (unpaired) electrons. The van der Waals surface area contributed by atoms with Crippen LogP contribution in [-0.4, -0.2) is 11.9 Å². The van der Waals surface area contributed by atoms with Crippen molar-refractivity contribution >= 4 is 11.6 Å². The van der Waals surface area contributed by atoms with Gasteiger partial charge in [0.25, 0.3) is 0 Å². The zero-order valence-electron chi connectivity index (χ0n) is 10.0. The molecule has 0 unspecified atom stereocenters. The number of hydrogen-bond donors (Lipinski definition) is 1. The zero-order valence-corrected chi connectivity index (χ0v) is 10.0. The maximum atomic E-state index is 11.9. The molecule has 3 rings (SSSR count). The van der Waals surface area contributed by atoms with Crippen molar-refractivity contribution in [3.8, 4) is 0 Å². The molecule has 1 fully saturated rings. The highest BCUT2D eigenvalue weighted by Crippen LogP contribution is 2.38. The van der Waals surface area contributed by atoms with Crippen LogP contribution >= 0.6 is 0 Å². The summed E-state index contributed by atoms with van der Waals surface area (Å²) in [6, 6.07) is 12.5. The smallest absolute Gasteiger partial charge is 0.247 e. The van der Waals surface area contributed by atoms with Crippen LogP contribution in [0.1, 0.15) is 17.6 Å². The van der Waals surface area contributed by atoms with Crippen LogP contribution in [0.2, 0.25) is 0 Å². The molecule has 1 aliphatic heterocycles. The Hall–Kier alpha value is -2.07. The van der Waals surface area contributed by atoms with Crippen LogP contribution in [-0.2, 0) is 4.79 Å². The standard InChI is InChI=1S/C14H14N2O2/c1-9-7-8-11(18-9)13-12(15)14(17)16(13)10-5-3-2-4-6-10/h2-8,12-13H,15H2,1H3/t12-,13+/m1/s1. The van der Waals surface area contributed by atoms with Crippen LogP contribution in [0.15, 0.2) is 46.9 Å². The van der Waals surface area contributed by atoms with E-state index in [2.05, 4.69) is 0 Å². The molecule has 0 spiro atoms. The van der Waals surface area contributed by atoms with E-state index in [0.717, 1.165) is 17.2 Å². The van der Waals surface area contributed by atoms with Crippen molar-refractivity contribution in [1.82, 2.24) is 0 Å². The van der Waals surface area contributed by atoms with Gasteiger partial charge in [-0.2, -0.15) is 0 Å². The summed E-state index contributed by atoms with van der Waals surface area (Å²) in [6.07, 6.45) is 0. The number of benzene rings is 1. The average molecular weight is 242 g/mol. The molecule has 0 bridgehead atoms. The van der Waals surface area contributed by atoms with Crippen molar-refractivity contribution in [1.29, 1.82) is 0 Å². The minimum atomic E-state index is -0.518. The molecule has 0 aliphatic carbocycles. The van der Waals surface area contributed by atoms with Crippen LogP contribution in [0.5, 0.6) is 0 Å². The van der Waals surface area contributed by atoms with E-state index in [1.165, 1.54) is 0 Å². The molecule has 1 aromatic carbocycles. The first kappa shape index (κ1) is 11.0. The third-order valence-corrected chi connectivity index (χ3v) is 3.23. The van der Waals surface area contributed by atoms with Crippen LogP contribution in [0.3, 0.4) is 0 Å². The molecule has 1 amide bonds. The summed E-state index contributed by atoms with van der Waals surface area (Å²) < 4.78 is 5.58. The number of hydrogen-bond acceptors (Lipinski definition) is 3. The Kier molecular flexibility index (Phi) is 2.45. The normalized spacial score (nSPS) is 23.0. The van der Waals surface area contributed by atoms with Crippen LogP contribution < -0.4 is 10.6 Å². The molecule has 2 heterocycles. The van der Waals surface area contributed by atoms with Gasteiger partial charge in [0, 0.05) is 5.69 Å². The number of para-hydroxylation sites is 1. The summed E-state index contributed by atoms with van der Waals surface area (Å²) in [5.74, 6) is 1.49. The predicted molar refractivity (Wildman–Crippen MR) is 68.1 cm³/mol. The van der Waals surface area contributed by atoms with Crippen molar-refractivity contribution in [2.45, 2.75) is 19.0 Å². The lowest BCUT2D eigenvalue weighted by molar-refractivity contribution is -0.126. The average Bonchev–Trinajstić information content (AvgIpc) is 2.81. The predicted octanol–water partition coefficient (Wildman–Crippen LogP) is 2.00. The minimum absolute atomic E-state index is 0.0692. The van der Waals surface area contributed by atoms with Crippen molar-refractivity contribution < 1.29 is 9.21 Å². The van der Waals surface area contributed by atoms with E-state index < -0.39 is 6.04 Å².